The molecule has 0 saturated heterocycles. The highest BCUT2D eigenvalue weighted by Gasteiger charge is 2.11. The summed E-state index contributed by atoms with van der Waals surface area (Å²) in [6, 6.07) is 9.30. The molecule has 1 aromatic carbocycles. The van der Waals surface area contributed by atoms with E-state index in [4.69, 9.17) is 8.83 Å². The number of nitrogens with zero attached hydrogens (tertiary/aromatic N) is 2. The number of rotatable bonds is 6. The molecule has 4 rings (SSSR count). The third-order valence-electron chi connectivity index (χ3n) is 4.20. The van der Waals surface area contributed by atoms with Gasteiger partial charge in [-0.15, -0.1) is 10.2 Å². The van der Waals surface area contributed by atoms with Crippen molar-refractivity contribution in [2.45, 2.75) is 30.5 Å². The van der Waals surface area contributed by atoms with E-state index in [1.54, 1.807) is 24.1 Å². The Morgan fingerprint density at radius 3 is 2.85 bits per heavy atom. The highest BCUT2D eigenvalue weighted by molar-refractivity contribution is 8.00. The van der Waals surface area contributed by atoms with E-state index in [2.05, 4.69) is 28.5 Å². The summed E-state index contributed by atoms with van der Waals surface area (Å²) in [6.07, 6.45) is 1.64. The molecule has 0 bridgehead atoms. The quantitative estimate of drug-likeness (QED) is 0.370. The molecular formula is C19H17N3O3S2. The Balaban J connectivity index is 1.49. The van der Waals surface area contributed by atoms with Crippen LogP contribution >= 0.6 is 23.1 Å². The Bertz CT molecular complexity index is 1130. The summed E-state index contributed by atoms with van der Waals surface area (Å²) < 4.78 is 11.5. The molecule has 8 heteroatoms. The van der Waals surface area contributed by atoms with Crippen LogP contribution < -0.4 is 10.9 Å². The lowest BCUT2D eigenvalue weighted by molar-refractivity contribution is 0.518. The predicted molar refractivity (Wildman–Crippen MR) is 107 cm³/mol. The van der Waals surface area contributed by atoms with E-state index < -0.39 is 0 Å². The van der Waals surface area contributed by atoms with Crippen molar-refractivity contribution in [3.63, 3.8) is 0 Å². The van der Waals surface area contributed by atoms with Crippen molar-refractivity contribution >= 4 is 39.2 Å². The average Bonchev–Trinajstić information content (AvgIpc) is 3.31. The highest BCUT2D eigenvalue weighted by Crippen LogP contribution is 2.31. The summed E-state index contributed by atoms with van der Waals surface area (Å²) in [5.74, 6) is 1.46. The van der Waals surface area contributed by atoms with Gasteiger partial charge in [0.1, 0.15) is 11.3 Å². The van der Waals surface area contributed by atoms with Crippen LogP contribution in [0.4, 0.5) is 5.13 Å². The molecule has 0 spiro atoms. The number of aromatic nitrogens is 2. The van der Waals surface area contributed by atoms with E-state index in [0.717, 1.165) is 31.7 Å². The zero-order valence-corrected chi connectivity index (χ0v) is 16.4. The molecule has 0 atom stereocenters. The van der Waals surface area contributed by atoms with Crippen LogP contribution in [0.25, 0.3) is 11.0 Å². The first-order chi connectivity index (χ1) is 13.1. The highest BCUT2D eigenvalue weighted by atomic mass is 32.2. The van der Waals surface area contributed by atoms with Gasteiger partial charge in [-0.25, -0.2) is 4.79 Å². The van der Waals surface area contributed by atoms with Crippen molar-refractivity contribution in [2.24, 2.45) is 0 Å². The van der Waals surface area contributed by atoms with Gasteiger partial charge in [-0.3, -0.25) is 0 Å². The SMILES string of the molecule is Cc1cc2oc(=O)cc(CSc3nnc(NCc4ccco4)s3)c2cc1C. The van der Waals surface area contributed by atoms with Gasteiger partial charge in [0, 0.05) is 17.2 Å². The molecule has 0 radical (unpaired) electrons. The first kappa shape index (κ1) is 17.8. The van der Waals surface area contributed by atoms with E-state index in [0.29, 0.717) is 17.9 Å². The number of fused-ring (bicyclic) bond motifs is 1. The van der Waals surface area contributed by atoms with E-state index in [9.17, 15) is 4.79 Å². The maximum absolute atomic E-state index is 11.9. The fourth-order valence-electron chi connectivity index (χ4n) is 2.66. The molecular weight excluding hydrogens is 382 g/mol. The second-order valence-corrected chi connectivity index (χ2v) is 8.32. The fourth-order valence-corrected chi connectivity index (χ4v) is 4.40. The van der Waals surface area contributed by atoms with Crippen LogP contribution in [0, 0.1) is 13.8 Å². The van der Waals surface area contributed by atoms with Crippen molar-refractivity contribution in [3.8, 4) is 0 Å². The van der Waals surface area contributed by atoms with Crippen LogP contribution in [0.5, 0.6) is 0 Å². The Labute approximate surface area is 163 Å². The number of nitrogens with one attached hydrogen (secondary N) is 1. The van der Waals surface area contributed by atoms with Crippen LogP contribution in [-0.4, -0.2) is 10.2 Å². The van der Waals surface area contributed by atoms with Crippen molar-refractivity contribution < 1.29 is 8.83 Å². The van der Waals surface area contributed by atoms with Gasteiger partial charge in [-0.05, 0) is 54.8 Å². The second-order valence-electron chi connectivity index (χ2n) is 6.12. The van der Waals surface area contributed by atoms with Gasteiger partial charge in [0.2, 0.25) is 5.13 Å². The zero-order valence-electron chi connectivity index (χ0n) is 14.8. The fraction of sp³-hybridized carbons (Fsp3) is 0.211. The summed E-state index contributed by atoms with van der Waals surface area (Å²) in [4.78, 5) is 11.9. The van der Waals surface area contributed by atoms with Gasteiger partial charge in [0.05, 0.1) is 12.8 Å². The number of hydrogen-bond donors (Lipinski definition) is 1. The topological polar surface area (TPSA) is 81.2 Å². The third-order valence-corrected chi connectivity index (χ3v) is 6.26. The number of furan rings is 1. The summed E-state index contributed by atoms with van der Waals surface area (Å²) in [6.45, 7) is 4.63. The Hall–Kier alpha value is -2.58. The standard InChI is InChI=1S/C19H17N3O3S2/c1-11-6-15-13(8-17(23)25-16(15)7-12(11)2)10-26-19-22-21-18(27-19)20-9-14-4-3-5-24-14/h3-8H,9-10H2,1-2H3,(H,20,21). The van der Waals surface area contributed by atoms with Gasteiger partial charge in [0.25, 0.3) is 0 Å². The number of hydrogen-bond acceptors (Lipinski definition) is 8. The predicted octanol–water partition coefficient (Wildman–Crippen LogP) is 4.76. The van der Waals surface area contributed by atoms with E-state index in [1.165, 1.54) is 16.9 Å². The molecule has 6 nitrogen and oxygen atoms in total. The summed E-state index contributed by atoms with van der Waals surface area (Å²) in [5, 5.41) is 13.2. The molecule has 4 aromatic rings. The Kier molecular flexibility index (Phi) is 5.00. The van der Waals surface area contributed by atoms with E-state index >= 15 is 0 Å². The molecule has 0 aliphatic carbocycles. The van der Waals surface area contributed by atoms with E-state index in [1.807, 2.05) is 25.1 Å². The van der Waals surface area contributed by atoms with Gasteiger partial charge in [0.15, 0.2) is 4.34 Å². The monoisotopic (exact) mass is 399 g/mol. The molecule has 0 aliphatic heterocycles. The van der Waals surface area contributed by atoms with Gasteiger partial charge in [-0.1, -0.05) is 23.1 Å². The van der Waals surface area contributed by atoms with Crippen LogP contribution in [0.15, 0.2) is 54.6 Å². The number of aryl methyl sites for hydroxylation is 2. The summed E-state index contributed by atoms with van der Waals surface area (Å²) in [5.41, 5.74) is 3.50. The lowest BCUT2D eigenvalue weighted by atomic mass is 10.0. The van der Waals surface area contributed by atoms with Gasteiger partial charge >= 0.3 is 5.63 Å². The average molecular weight is 399 g/mol. The minimum absolute atomic E-state index is 0.334. The Morgan fingerprint density at radius 1 is 1.19 bits per heavy atom. The summed E-state index contributed by atoms with van der Waals surface area (Å²) >= 11 is 3.03. The molecule has 3 heterocycles. The van der Waals surface area contributed by atoms with Crippen molar-refractivity contribution in [1.82, 2.24) is 10.2 Å². The Morgan fingerprint density at radius 2 is 2.04 bits per heavy atom. The molecule has 0 unspecified atom stereocenters. The molecule has 3 aromatic heterocycles. The zero-order chi connectivity index (χ0) is 18.8. The molecule has 0 saturated carbocycles. The van der Waals surface area contributed by atoms with Crippen molar-refractivity contribution in [2.75, 3.05) is 5.32 Å². The van der Waals surface area contributed by atoms with Crippen molar-refractivity contribution in [3.05, 3.63) is 69.5 Å². The number of thioether (sulfide) groups is 1. The van der Waals surface area contributed by atoms with Crippen LogP contribution in [0.1, 0.15) is 22.5 Å². The second kappa shape index (κ2) is 7.58. The van der Waals surface area contributed by atoms with E-state index in [-0.39, 0.29) is 5.63 Å². The molecule has 1 N–H and O–H groups in total. The first-order valence-electron chi connectivity index (χ1n) is 8.35. The first-order valence-corrected chi connectivity index (χ1v) is 10.2. The minimum atomic E-state index is -0.334. The molecule has 0 amide bonds. The smallest absolute Gasteiger partial charge is 0.336 e. The maximum atomic E-state index is 11.9. The van der Waals surface area contributed by atoms with Gasteiger partial charge in [-0.2, -0.15) is 0 Å². The minimum Gasteiger partial charge on any atom is -0.467 e. The lowest BCUT2D eigenvalue weighted by Gasteiger charge is -2.07. The summed E-state index contributed by atoms with van der Waals surface area (Å²) in [7, 11) is 0. The number of benzene rings is 1. The molecule has 0 aliphatic rings. The van der Waals surface area contributed by atoms with Crippen LogP contribution in [0.3, 0.4) is 0 Å². The molecule has 138 valence electrons. The lowest BCUT2D eigenvalue weighted by Crippen LogP contribution is -2.00. The largest absolute Gasteiger partial charge is 0.467 e. The third kappa shape index (κ3) is 4.06. The maximum Gasteiger partial charge on any atom is 0.336 e. The van der Waals surface area contributed by atoms with Crippen molar-refractivity contribution in [1.29, 1.82) is 0 Å². The molecule has 27 heavy (non-hydrogen) atoms. The van der Waals surface area contributed by atoms with Crippen LogP contribution in [-0.2, 0) is 12.3 Å². The normalized spacial score (nSPS) is 11.2. The van der Waals surface area contributed by atoms with Crippen LogP contribution in [0.2, 0.25) is 0 Å². The number of anilines is 1. The van der Waals surface area contributed by atoms with Gasteiger partial charge < -0.3 is 14.2 Å². The molecule has 0 fully saturated rings.